The Labute approximate surface area is 171 Å². The van der Waals surface area contributed by atoms with Gasteiger partial charge in [-0.1, -0.05) is 11.8 Å². The van der Waals surface area contributed by atoms with E-state index in [-0.39, 0.29) is 41.6 Å². The molecule has 1 N–H and O–H groups in total. The van der Waals surface area contributed by atoms with Gasteiger partial charge in [0, 0.05) is 29.4 Å². The highest BCUT2D eigenvalue weighted by Gasteiger charge is 2.49. The zero-order chi connectivity index (χ0) is 21.4. The summed E-state index contributed by atoms with van der Waals surface area (Å²) in [4.78, 5) is 27.4. The lowest BCUT2D eigenvalue weighted by atomic mass is 9.69. The molecule has 0 unspecified atom stereocenters. The van der Waals surface area contributed by atoms with Crippen molar-refractivity contribution in [1.82, 2.24) is 5.32 Å². The Bertz CT molecular complexity index is 858. The molecule has 10 heteroatoms. The highest BCUT2D eigenvalue weighted by atomic mass is 32.2. The van der Waals surface area contributed by atoms with Gasteiger partial charge in [0.25, 0.3) is 5.69 Å². The summed E-state index contributed by atoms with van der Waals surface area (Å²) in [6, 6.07) is 3.30. The third-order valence-corrected chi connectivity index (χ3v) is 6.05. The van der Waals surface area contributed by atoms with E-state index in [1.54, 1.807) is 20.8 Å². The zero-order valence-corrected chi connectivity index (χ0v) is 17.2. The standard InChI is InChI=1S/C19H23F2N3O4S/c1-18(2,3)28-17(25)22-16-23-19(7-6-12(20)8-11(19)10-29-16)14-9-13(24(26)27)4-5-15(14)21/h4-5,9,11-12H,6-8,10H2,1-3H3,(H,22,23,25)/t11-,12-,19-/m0/s1. The summed E-state index contributed by atoms with van der Waals surface area (Å²) in [6.45, 7) is 5.17. The van der Waals surface area contributed by atoms with Crippen LogP contribution in [0.2, 0.25) is 0 Å². The van der Waals surface area contributed by atoms with Crippen LogP contribution < -0.4 is 5.32 Å². The average Bonchev–Trinajstić information content (AvgIpc) is 2.60. The highest BCUT2D eigenvalue weighted by Crippen LogP contribution is 2.51. The smallest absolute Gasteiger partial charge is 0.413 e. The number of aliphatic imine (C=N–C) groups is 1. The number of hydrogen-bond donors (Lipinski definition) is 1. The van der Waals surface area contributed by atoms with Gasteiger partial charge in [-0.2, -0.15) is 0 Å². The van der Waals surface area contributed by atoms with Crippen LogP contribution in [0.15, 0.2) is 23.2 Å². The maximum Gasteiger partial charge on any atom is 0.413 e. The lowest BCUT2D eigenvalue weighted by Crippen LogP contribution is -2.47. The maximum atomic E-state index is 14.8. The molecule has 0 saturated heterocycles. The lowest BCUT2D eigenvalue weighted by Gasteiger charge is -2.45. The number of carbonyl (C=O) groups excluding carboxylic acids is 1. The van der Waals surface area contributed by atoms with E-state index in [9.17, 15) is 23.7 Å². The van der Waals surface area contributed by atoms with Crippen LogP contribution in [0.5, 0.6) is 0 Å². The summed E-state index contributed by atoms with van der Waals surface area (Å²) < 4.78 is 34.1. The number of amidine groups is 1. The number of nitrogens with zero attached hydrogens (tertiary/aromatic N) is 2. The zero-order valence-electron chi connectivity index (χ0n) is 16.4. The Hall–Kier alpha value is -2.23. The van der Waals surface area contributed by atoms with Crippen LogP contribution in [-0.2, 0) is 10.3 Å². The predicted molar refractivity (Wildman–Crippen MR) is 106 cm³/mol. The van der Waals surface area contributed by atoms with Crippen LogP contribution in [-0.4, -0.2) is 33.7 Å². The summed E-state index contributed by atoms with van der Waals surface area (Å²) in [5.41, 5.74) is -2.07. The van der Waals surface area contributed by atoms with Gasteiger partial charge in [0.2, 0.25) is 0 Å². The van der Waals surface area contributed by atoms with E-state index in [4.69, 9.17) is 4.74 Å². The monoisotopic (exact) mass is 427 g/mol. The lowest BCUT2D eigenvalue weighted by molar-refractivity contribution is -0.385. The van der Waals surface area contributed by atoms with Crippen molar-refractivity contribution in [2.75, 3.05) is 5.75 Å². The minimum Gasteiger partial charge on any atom is -0.444 e. The number of thioether (sulfide) groups is 1. The number of non-ortho nitro benzene ring substituents is 1. The first kappa shape index (κ1) is 21.5. The van der Waals surface area contributed by atoms with Gasteiger partial charge in [0.1, 0.15) is 17.6 Å². The van der Waals surface area contributed by atoms with Gasteiger partial charge >= 0.3 is 6.09 Å². The molecule has 1 aliphatic carbocycles. The molecule has 3 atom stereocenters. The fraction of sp³-hybridized carbons (Fsp3) is 0.579. The van der Waals surface area contributed by atoms with Gasteiger partial charge in [-0.25, -0.2) is 13.6 Å². The second kappa shape index (κ2) is 7.89. The van der Waals surface area contributed by atoms with Gasteiger partial charge in [0.15, 0.2) is 5.17 Å². The van der Waals surface area contributed by atoms with Crippen molar-refractivity contribution in [1.29, 1.82) is 0 Å². The number of carbonyl (C=O) groups is 1. The Morgan fingerprint density at radius 3 is 2.83 bits per heavy atom. The number of hydrogen-bond acceptors (Lipinski definition) is 6. The van der Waals surface area contributed by atoms with E-state index in [0.29, 0.717) is 5.75 Å². The second-order valence-electron chi connectivity index (χ2n) is 8.27. The molecule has 1 aliphatic heterocycles. The molecule has 1 saturated carbocycles. The number of nitro groups is 1. The van der Waals surface area contributed by atoms with E-state index < -0.39 is 34.1 Å². The maximum absolute atomic E-state index is 14.8. The highest BCUT2D eigenvalue weighted by molar-refractivity contribution is 8.13. The molecule has 1 fully saturated rings. The quantitative estimate of drug-likeness (QED) is 0.546. The van der Waals surface area contributed by atoms with Crippen LogP contribution in [0, 0.1) is 21.8 Å². The fourth-order valence-electron chi connectivity index (χ4n) is 3.78. The number of rotatable bonds is 2. The summed E-state index contributed by atoms with van der Waals surface area (Å²) in [5, 5.41) is 14.0. The molecule has 7 nitrogen and oxygen atoms in total. The topological polar surface area (TPSA) is 93.8 Å². The molecule has 0 bridgehead atoms. The molecule has 1 heterocycles. The number of alkyl halides is 1. The summed E-state index contributed by atoms with van der Waals surface area (Å²) in [6.07, 6.45) is -1.20. The van der Waals surface area contributed by atoms with Crippen LogP contribution in [0.1, 0.15) is 45.6 Å². The largest absolute Gasteiger partial charge is 0.444 e. The average molecular weight is 427 g/mol. The minimum atomic E-state index is -1.17. The third kappa shape index (κ3) is 4.68. The van der Waals surface area contributed by atoms with Gasteiger partial charge in [-0.3, -0.25) is 20.4 Å². The van der Waals surface area contributed by atoms with Crippen LogP contribution in [0.4, 0.5) is 19.3 Å². The first-order chi connectivity index (χ1) is 13.5. The SMILES string of the molecule is CC(C)(C)OC(=O)NC1=N[C@@]2(c3cc([N+](=O)[O-])ccc3F)CC[C@H](F)C[C@H]2CS1. The molecule has 0 spiro atoms. The van der Waals surface area contributed by atoms with Crippen molar-refractivity contribution < 1.29 is 23.2 Å². The van der Waals surface area contributed by atoms with E-state index >= 15 is 0 Å². The van der Waals surface area contributed by atoms with Crippen molar-refractivity contribution in [3.8, 4) is 0 Å². The molecular weight excluding hydrogens is 404 g/mol. The molecule has 0 aromatic heterocycles. The van der Waals surface area contributed by atoms with Crippen molar-refractivity contribution in [2.45, 2.75) is 57.3 Å². The van der Waals surface area contributed by atoms with Gasteiger partial charge in [0.05, 0.1) is 10.5 Å². The third-order valence-electron chi connectivity index (χ3n) is 5.01. The molecule has 158 valence electrons. The van der Waals surface area contributed by atoms with Crippen molar-refractivity contribution in [2.24, 2.45) is 10.9 Å². The second-order valence-corrected chi connectivity index (χ2v) is 9.28. The summed E-state index contributed by atoms with van der Waals surface area (Å²) in [5.74, 6) is -0.584. The van der Waals surface area contributed by atoms with Gasteiger partial charge < -0.3 is 4.74 Å². The first-order valence-electron chi connectivity index (χ1n) is 9.31. The number of amides is 1. The first-order valence-corrected chi connectivity index (χ1v) is 10.3. The molecule has 1 aromatic rings. The Morgan fingerprint density at radius 1 is 1.45 bits per heavy atom. The number of benzene rings is 1. The van der Waals surface area contributed by atoms with Gasteiger partial charge in [-0.05, 0) is 46.1 Å². The van der Waals surface area contributed by atoms with Crippen LogP contribution in [0.25, 0.3) is 0 Å². The molecule has 1 aromatic carbocycles. The number of alkyl carbamates (subject to hydrolysis) is 1. The predicted octanol–water partition coefficient (Wildman–Crippen LogP) is 4.69. The molecule has 2 aliphatic rings. The number of halogens is 2. The normalized spacial score (nSPS) is 26.9. The van der Waals surface area contributed by atoms with Crippen LogP contribution in [0.3, 0.4) is 0 Å². The molecule has 1 amide bonds. The number of fused-ring (bicyclic) bond motifs is 1. The van der Waals surface area contributed by atoms with Crippen molar-refractivity contribution in [3.63, 3.8) is 0 Å². The van der Waals surface area contributed by atoms with E-state index in [1.807, 2.05) is 0 Å². The van der Waals surface area contributed by atoms with Gasteiger partial charge in [-0.15, -0.1) is 0 Å². The Kier molecular flexibility index (Phi) is 5.84. The molecular formula is C19H23F2N3O4S. The molecule has 3 rings (SSSR count). The van der Waals surface area contributed by atoms with Crippen molar-refractivity contribution >= 4 is 28.7 Å². The fourth-order valence-corrected chi connectivity index (χ4v) is 4.93. The number of nitro benzene ring substituents is 1. The Balaban J connectivity index is 2.02. The summed E-state index contributed by atoms with van der Waals surface area (Å²) in [7, 11) is 0. The molecule has 29 heavy (non-hydrogen) atoms. The van der Waals surface area contributed by atoms with Crippen molar-refractivity contribution in [3.05, 3.63) is 39.7 Å². The summed E-state index contributed by atoms with van der Waals surface area (Å²) >= 11 is 1.23. The molecule has 0 radical (unpaired) electrons. The number of ether oxygens (including phenoxy) is 1. The number of nitrogens with one attached hydrogen (secondary N) is 1. The Morgan fingerprint density at radius 2 is 2.17 bits per heavy atom. The van der Waals surface area contributed by atoms with E-state index in [2.05, 4.69) is 10.3 Å². The van der Waals surface area contributed by atoms with Crippen LogP contribution >= 0.6 is 11.8 Å². The van der Waals surface area contributed by atoms with E-state index in [1.165, 1.54) is 17.8 Å². The minimum absolute atomic E-state index is 0.0624. The van der Waals surface area contributed by atoms with E-state index in [0.717, 1.165) is 12.1 Å².